The van der Waals surface area contributed by atoms with E-state index in [-0.39, 0.29) is 6.54 Å². The van der Waals surface area contributed by atoms with Gasteiger partial charge in [0.25, 0.3) is 0 Å². The Morgan fingerprint density at radius 2 is 1.93 bits per heavy atom. The second-order valence-electron chi connectivity index (χ2n) is 11.6. The molecule has 0 saturated heterocycles. The van der Waals surface area contributed by atoms with Crippen LogP contribution in [0.2, 0.25) is 0 Å². The number of pyridine rings is 1. The fourth-order valence-electron chi connectivity index (χ4n) is 5.50. The summed E-state index contributed by atoms with van der Waals surface area (Å²) in [6, 6.07) is 14.0. The highest BCUT2D eigenvalue weighted by molar-refractivity contribution is 5.83. The number of anilines is 1. The van der Waals surface area contributed by atoms with Gasteiger partial charge < -0.3 is 14.8 Å². The van der Waals surface area contributed by atoms with Crippen LogP contribution in [0, 0.1) is 29.1 Å². The number of halogens is 3. The third-order valence-electron chi connectivity index (χ3n) is 7.91. The lowest BCUT2D eigenvalue weighted by Gasteiger charge is -2.33. The summed E-state index contributed by atoms with van der Waals surface area (Å²) in [5, 5.41) is 13.2. The van der Waals surface area contributed by atoms with E-state index in [4.69, 9.17) is 0 Å². The summed E-state index contributed by atoms with van der Waals surface area (Å²) in [4.78, 5) is 6.66. The van der Waals surface area contributed by atoms with Gasteiger partial charge >= 0.3 is 6.18 Å². The van der Waals surface area contributed by atoms with E-state index >= 15 is 0 Å². The van der Waals surface area contributed by atoms with Crippen LogP contribution in [0.1, 0.15) is 62.9 Å². The molecule has 1 aliphatic carbocycles. The smallest absolute Gasteiger partial charge is 0.373 e. The number of benzene rings is 1. The maximum atomic E-state index is 13.5. The number of aromatic nitrogens is 2. The number of hydrogen-bond donors (Lipinski definition) is 1. The first-order valence-corrected chi connectivity index (χ1v) is 13.9. The Balaban J connectivity index is 1.46. The second-order valence-corrected chi connectivity index (χ2v) is 11.6. The highest BCUT2D eigenvalue weighted by Crippen LogP contribution is 2.31. The fourth-order valence-corrected chi connectivity index (χ4v) is 5.50. The molecule has 0 spiro atoms. The first-order chi connectivity index (χ1) is 18.9. The molecule has 1 aromatic carbocycles. The standard InChI is InChI=1S/C32H38F3N5/c1-31(2,21-36)30-15-13-26(20-38-30)37-16-6-9-28-19-25-17-24(12-14-29(25)40(28)22-32(33,34)35)11-10-23-7-5-8-27(18-23)39(3)4/h12-15,17,19-20,23,27,37H,5,7-8,10-11,16,18,22H2,1-4H3. The van der Waals surface area contributed by atoms with Crippen molar-refractivity contribution in [1.29, 1.82) is 5.26 Å². The Morgan fingerprint density at radius 3 is 2.60 bits per heavy atom. The maximum Gasteiger partial charge on any atom is 0.406 e. The fraction of sp³-hybridized carbons (Fsp3) is 0.500. The molecule has 0 aliphatic heterocycles. The third-order valence-corrected chi connectivity index (χ3v) is 7.91. The molecule has 2 unspecified atom stereocenters. The molecular formula is C32H38F3N5. The average molecular weight is 550 g/mol. The lowest BCUT2D eigenvalue weighted by Crippen LogP contribution is -2.33. The van der Waals surface area contributed by atoms with E-state index in [0.717, 1.165) is 29.5 Å². The molecule has 3 aromatic rings. The predicted octanol–water partition coefficient (Wildman–Crippen LogP) is 6.92. The Morgan fingerprint density at radius 1 is 1.12 bits per heavy atom. The van der Waals surface area contributed by atoms with Crippen LogP contribution in [-0.2, 0) is 18.4 Å². The number of alkyl halides is 3. The van der Waals surface area contributed by atoms with Gasteiger partial charge in [0.2, 0.25) is 0 Å². The van der Waals surface area contributed by atoms with Gasteiger partial charge in [0.05, 0.1) is 41.3 Å². The summed E-state index contributed by atoms with van der Waals surface area (Å²) in [7, 11) is 4.30. The second kappa shape index (κ2) is 12.4. The zero-order valence-electron chi connectivity index (χ0n) is 23.8. The van der Waals surface area contributed by atoms with E-state index in [1.54, 1.807) is 38.2 Å². The minimum Gasteiger partial charge on any atom is -0.373 e. The summed E-state index contributed by atoms with van der Waals surface area (Å²) in [6.07, 6.45) is 4.27. The molecule has 0 bridgehead atoms. The molecule has 212 valence electrons. The molecule has 5 nitrogen and oxygen atoms in total. The summed E-state index contributed by atoms with van der Waals surface area (Å²) in [5.41, 5.74) is 2.75. The van der Waals surface area contributed by atoms with Crippen molar-refractivity contribution in [3.05, 3.63) is 59.5 Å². The highest BCUT2D eigenvalue weighted by Gasteiger charge is 2.30. The van der Waals surface area contributed by atoms with Gasteiger partial charge in [-0.1, -0.05) is 24.8 Å². The van der Waals surface area contributed by atoms with Crippen molar-refractivity contribution in [1.82, 2.24) is 14.5 Å². The van der Waals surface area contributed by atoms with E-state index < -0.39 is 18.1 Å². The number of nitrogens with zero attached hydrogens (tertiary/aromatic N) is 4. The molecule has 1 aliphatic rings. The Hall–Kier alpha value is -3.49. The number of nitrogens with one attached hydrogen (secondary N) is 1. The average Bonchev–Trinajstić information content (AvgIpc) is 3.25. The molecule has 2 atom stereocenters. The summed E-state index contributed by atoms with van der Waals surface area (Å²) >= 11 is 0. The molecular weight excluding hydrogens is 511 g/mol. The SMILES string of the molecule is CN(C)C1CCCC(CCc2ccc3c(c2)cc(C#CCNc2ccc(C(C)(C)C#N)nc2)n3CC(F)(F)F)C1. The van der Waals surface area contributed by atoms with Gasteiger partial charge in [-0.2, -0.15) is 18.4 Å². The Bertz CT molecular complexity index is 1400. The quantitative estimate of drug-likeness (QED) is 0.310. The van der Waals surface area contributed by atoms with Crippen molar-refractivity contribution in [2.75, 3.05) is 26.0 Å². The topological polar surface area (TPSA) is 56.9 Å². The molecule has 0 radical (unpaired) electrons. The van der Waals surface area contributed by atoms with Crippen molar-refractivity contribution in [3.8, 4) is 17.9 Å². The minimum absolute atomic E-state index is 0.247. The van der Waals surface area contributed by atoms with Crippen LogP contribution in [0.4, 0.5) is 18.9 Å². The summed E-state index contributed by atoms with van der Waals surface area (Å²) < 4.78 is 41.6. The van der Waals surface area contributed by atoms with Crippen molar-refractivity contribution in [2.45, 2.75) is 76.6 Å². The number of fused-ring (bicyclic) bond motifs is 1. The largest absolute Gasteiger partial charge is 0.406 e. The van der Waals surface area contributed by atoms with E-state index in [2.05, 4.69) is 47.2 Å². The van der Waals surface area contributed by atoms with Crippen molar-refractivity contribution < 1.29 is 13.2 Å². The highest BCUT2D eigenvalue weighted by atomic mass is 19.4. The van der Waals surface area contributed by atoms with E-state index in [0.29, 0.717) is 28.9 Å². The third kappa shape index (κ3) is 7.58. The number of aryl methyl sites for hydroxylation is 1. The molecule has 1 N–H and O–H groups in total. The van der Waals surface area contributed by atoms with Crippen LogP contribution >= 0.6 is 0 Å². The first kappa shape index (κ1) is 29.5. The van der Waals surface area contributed by atoms with Crippen LogP contribution in [0.25, 0.3) is 10.9 Å². The minimum atomic E-state index is -4.35. The lowest BCUT2D eigenvalue weighted by molar-refractivity contribution is -0.140. The Labute approximate surface area is 235 Å². The molecule has 0 amide bonds. The van der Waals surface area contributed by atoms with E-state index in [9.17, 15) is 18.4 Å². The Kier molecular flexibility index (Phi) is 9.11. The summed E-state index contributed by atoms with van der Waals surface area (Å²) in [5.74, 6) is 6.58. The van der Waals surface area contributed by atoms with Gasteiger partial charge in [-0.15, -0.1) is 0 Å². The van der Waals surface area contributed by atoms with Crippen LogP contribution in [0.15, 0.2) is 42.6 Å². The maximum absolute atomic E-state index is 13.5. The number of hydrogen-bond acceptors (Lipinski definition) is 4. The molecule has 1 fully saturated rings. The van der Waals surface area contributed by atoms with Crippen LogP contribution in [0.3, 0.4) is 0 Å². The molecule has 4 rings (SSSR count). The van der Waals surface area contributed by atoms with Gasteiger partial charge in [-0.3, -0.25) is 4.98 Å². The normalized spacial score (nSPS) is 17.9. The number of nitriles is 1. The molecule has 8 heteroatoms. The zero-order valence-corrected chi connectivity index (χ0v) is 23.8. The van der Waals surface area contributed by atoms with Crippen LogP contribution in [0.5, 0.6) is 0 Å². The van der Waals surface area contributed by atoms with Gasteiger partial charge in [0.1, 0.15) is 6.54 Å². The van der Waals surface area contributed by atoms with Crippen molar-refractivity contribution in [3.63, 3.8) is 0 Å². The van der Waals surface area contributed by atoms with E-state index in [1.165, 1.54) is 30.3 Å². The zero-order chi connectivity index (χ0) is 28.9. The van der Waals surface area contributed by atoms with Gasteiger partial charge in [-0.05, 0) is 101 Å². The monoisotopic (exact) mass is 549 g/mol. The molecule has 1 saturated carbocycles. The lowest BCUT2D eigenvalue weighted by atomic mass is 9.82. The molecule has 2 aromatic heterocycles. The van der Waals surface area contributed by atoms with Gasteiger partial charge in [0.15, 0.2) is 0 Å². The molecule has 40 heavy (non-hydrogen) atoms. The first-order valence-electron chi connectivity index (χ1n) is 13.9. The molecule has 2 heterocycles. The van der Waals surface area contributed by atoms with Crippen LogP contribution in [-0.4, -0.2) is 47.3 Å². The van der Waals surface area contributed by atoms with Crippen LogP contribution < -0.4 is 5.32 Å². The van der Waals surface area contributed by atoms with Gasteiger partial charge in [0, 0.05) is 16.9 Å². The van der Waals surface area contributed by atoms with Crippen molar-refractivity contribution in [2.24, 2.45) is 5.92 Å². The van der Waals surface area contributed by atoms with Gasteiger partial charge in [-0.25, -0.2) is 0 Å². The number of rotatable bonds is 8. The summed E-state index contributed by atoms with van der Waals surface area (Å²) in [6.45, 7) is 2.76. The van der Waals surface area contributed by atoms with Crippen molar-refractivity contribution >= 4 is 16.6 Å². The van der Waals surface area contributed by atoms with E-state index in [1.807, 2.05) is 18.2 Å². The predicted molar refractivity (Wildman–Crippen MR) is 154 cm³/mol.